The highest BCUT2D eigenvalue weighted by atomic mass is 19.1. The van der Waals surface area contributed by atoms with Gasteiger partial charge in [0.2, 0.25) is 5.91 Å². The standard InChI is InChI=1S/C16H19FN2O2/c17-14-6-3-7-15(11-14)21-10-4-5-13(12-18)16(20)19-8-1-2-9-19/h3,6-7,11,13H,1-2,4-5,8-10H2. The van der Waals surface area contributed by atoms with Gasteiger partial charge in [0.05, 0.1) is 12.7 Å². The molecule has 0 aromatic heterocycles. The Morgan fingerprint density at radius 3 is 2.86 bits per heavy atom. The summed E-state index contributed by atoms with van der Waals surface area (Å²) in [6.07, 6.45) is 3.11. The molecule has 1 fully saturated rings. The number of hydrogen-bond donors (Lipinski definition) is 0. The van der Waals surface area contributed by atoms with E-state index in [-0.39, 0.29) is 11.7 Å². The smallest absolute Gasteiger partial charge is 0.239 e. The van der Waals surface area contributed by atoms with Crippen molar-refractivity contribution in [1.82, 2.24) is 4.90 Å². The van der Waals surface area contributed by atoms with Crippen LogP contribution >= 0.6 is 0 Å². The SMILES string of the molecule is N#CC(CCCOc1cccc(F)c1)C(=O)N1CCCC1. The maximum Gasteiger partial charge on any atom is 0.239 e. The third-order valence-electron chi connectivity index (χ3n) is 3.57. The Hall–Kier alpha value is -2.09. The summed E-state index contributed by atoms with van der Waals surface area (Å²) in [5, 5.41) is 9.12. The van der Waals surface area contributed by atoms with Crippen LogP contribution in [0.3, 0.4) is 0 Å². The van der Waals surface area contributed by atoms with Gasteiger partial charge in [-0.25, -0.2) is 4.39 Å². The van der Waals surface area contributed by atoms with E-state index in [9.17, 15) is 9.18 Å². The van der Waals surface area contributed by atoms with Crippen LogP contribution < -0.4 is 4.74 Å². The minimum atomic E-state index is -0.598. The highest BCUT2D eigenvalue weighted by Gasteiger charge is 2.25. The summed E-state index contributed by atoms with van der Waals surface area (Å²) in [5.41, 5.74) is 0. The second kappa shape index (κ2) is 7.63. The van der Waals surface area contributed by atoms with Crippen molar-refractivity contribution < 1.29 is 13.9 Å². The molecular weight excluding hydrogens is 271 g/mol. The molecule has 0 saturated carbocycles. The van der Waals surface area contributed by atoms with Crippen molar-refractivity contribution in [2.24, 2.45) is 5.92 Å². The van der Waals surface area contributed by atoms with Gasteiger partial charge in [0.15, 0.2) is 0 Å². The number of likely N-dealkylation sites (tertiary alicyclic amines) is 1. The summed E-state index contributed by atoms with van der Waals surface area (Å²) >= 11 is 0. The average Bonchev–Trinajstić information content (AvgIpc) is 3.01. The van der Waals surface area contributed by atoms with E-state index in [4.69, 9.17) is 10.00 Å². The van der Waals surface area contributed by atoms with Crippen LogP contribution in [-0.4, -0.2) is 30.5 Å². The third-order valence-corrected chi connectivity index (χ3v) is 3.57. The number of nitrogens with zero attached hydrogens (tertiary/aromatic N) is 2. The molecule has 1 unspecified atom stereocenters. The summed E-state index contributed by atoms with van der Waals surface area (Å²) in [5.74, 6) is -0.541. The average molecular weight is 290 g/mol. The number of benzene rings is 1. The quantitative estimate of drug-likeness (QED) is 0.757. The molecule has 1 atom stereocenters. The van der Waals surface area contributed by atoms with Crippen LogP contribution in [0, 0.1) is 23.1 Å². The van der Waals surface area contributed by atoms with Crippen molar-refractivity contribution in [3.05, 3.63) is 30.1 Å². The highest BCUT2D eigenvalue weighted by molar-refractivity contribution is 5.81. The predicted molar refractivity (Wildman–Crippen MR) is 76.0 cm³/mol. The van der Waals surface area contributed by atoms with Crippen LogP contribution in [-0.2, 0) is 4.79 Å². The van der Waals surface area contributed by atoms with Gasteiger partial charge < -0.3 is 9.64 Å². The fourth-order valence-corrected chi connectivity index (χ4v) is 2.44. The van der Waals surface area contributed by atoms with Gasteiger partial charge in [-0.05, 0) is 37.8 Å². The first-order chi connectivity index (χ1) is 10.2. The summed E-state index contributed by atoms with van der Waals surface area (Å²) < 4.78 is 18.4. The number of halogens is 1. The molecule has 1 heterocycles. The first-order valence-corrected chi connectivity index (χ1v) is 7.27. The largest absolute Gasteiger partial charge is 0.493 e. The fraction of sp³-hybridized carbons (Fsp3) is 0.500. The molecule has 1 aliphatic rings. The number of rotatable bonds is 6. The number of ether oxygens (including phenoxy) is 1. The van der Waals surface area contributed by atoms with E-state index in [0.717, 1.165) is 25.9 Å². The molecule has 112 valence electrons. The number of hydrogen-bond acceptors (Lipinski definition) is 3. The lowest BCUT2D eigenvalue weighted by Gasteiger charge is -2.18. The topological polar surface area (TPSA) is 53.3 Å². The van der Waals surface area contributed by atoms with Crippen molar-refractivity contribution in [1.29, 1.82) is 5.26 Å². The second-order valence-electron chi connectivity index (χ2n) is 5.16. The van der Waals surface area contributed by atoms with Crippen LogP contribution in [0.25, 0.3) is 0 Å². The van der Waals surface area contributed by atoms with Crippen molar-refractivity contribution >= 4 is 5.91 Å². The Bertz CT molecular complexity index is 521. The van der Waals surface area contributed by atoms with Gasteiger partial charge in [-0.15, -0.1) is 0 Å². The number of carbonyl (C=O) groups is 1. The molecule has 1 saturated heterocycles. The zero-order valence-corrected chi connectivity index (χ0v) is 11.9. The number of amides is 1. The maximum atomic E-state index is 13.0. The normalized spacial score (nSPS) is 15.5. The zero-order chi connectivity index (χ0) is 15.1. The molecule has 0 aliphatic carbocycles. The van der Waals surface area contributed by atoms with E-state index < -0.39 is 5.92 Å². The first-order valence-electron chi connectivity index (χ1n) is 7.27. The molecule has 5 heteroatoms. The molecule has 1 amide bonds. The Balaban J connectivity index is 1.73. The summed E-state index contributed by atoms with van der Waals surface area (Å²) in [6.45, 7) is 1.89. The highest BCUT2D eigenvalue weighted by Crippen LogP contribution is 2.16. The fourth-order valence-electron chi connectivity index (χ4n) is 2.44. The van der Waals surface area contributed by atoms with Crippen LogP contribution in [0.5, 0.6) is 5.75 Å². The molecule has 0 bridgehead atoms. The van der Waals surface area contributed by atoms with E-state index in [1.165, 1.54) is 12.1 Å². The monoisotopic (exact) mass is 290 g/mol. The Morgan fingerprint density at radius 1 is 1.43 bits per heavy atom. The molecule has 4 nitrogen and oxygen atoms in total. The van der Waals surface area contributed by atoms with Gasteiger partial charge in [-0.1, -0.05) is 6.07 Å². The van der Waals surface area contributed by atoms with Crippen LogP contribution in [0.1, 0.15) is 25.7 Å². The lowest BCUT2D eigenvalue weighted by Crippen LogP contribution is -2.33. The predicted octanol–water partition coefficient (Wildman–Crippen LogP) is 2.75. The van der Waals surface area contributed by atoms with Gasteiger partial charge in [0.1, 0.15) is 17.5 Å². The lowest BCUT2D eigenvalue weighted by atomic mass is 10.0. The third kappa shape index (κ3) is 4.45. The van der Waals surface area contributed by atoms with Crippen molar-refractivity contribution in [2.45, 2.75) is 25.7 Å². The number of carbonyl (C=O) groups excluding carboxylic acids is 1. The Morgan fingerprint density at radius 2 is 2.19 bits per heavy atom. The Labute approximate surface area is 124 Å². The van der Waals surface area contributed by atoms with E-state index in [0.29, 0.717) is 25.2 Å². The van der Waals surface area contributed by atoms with Crippen LogP contribution in [0.15, 0.2) is 24.3 Å². The minimum absolute atomic E-state index is 0.0687. The van der Waals surface area contributed by atoms with Crippen molar-refractivity contribution in [3.8, 4) is 11.8 Å². The summed E-state index contributed by atoms with van der Waals surface area (Å²) in [7, 11) is 0. The van der Waals surface area contributed by atoms with E-state index in [1.54, 1.807) is 17.0 Å². The van der Waals surface area contributed by atoms with Gasteiger partial charge >= 0.3 is 0 Å². The molecule has 0 spiro atoms. The Kier molecular flexibility index (Phi) is 5.56. The maximum absolute atomic E-state index is 13.0. The minimum Gasteiger partial charge on any atom is -0.493 e. The van der Waals surface area contributed by atoms with E-state index in [1.807, 2.05) is 0 Å². The molecular formula is C16H19FN2O2. The molecule has 1 aliphatic heterocycles. The van der Waals surface area contributed by atoms with E-state index in [2.05, 4.69) is 6.07 Å². The lowest BCUT2D eigenvalue weighted by molar-refractivity contribution is -0.132. The van der Waals surface area contributed by atoms with Crippen LogP contribution in [0.4, 0.5) is 4.39 Å². The summed E-state index contributed by atoms with van der Waals surface area (Å²) in [4.78, 5) is 13.9. The molecule has 0 radical (unpaired) electrons. The van der Waals surface area contributed by atoms with Crippen molar-refractivity contribution in [3.63, 3.8) is 0 Å². The molecule has 21 heavy (non-hydrogen) atoms. The second-order valence-corrected chi connectivity index (χ2v) is 5.16. The molecule has 1 aromatic rings. The van der Waals surface area contributed by atoms with Gasteiger partial charge in [0, 0.05) is 19.2 Å². The first kappa shape index (κ1) is 15.3. The molecule has 1 aromatic carbocycles. The van der Waals surface area contributed by atoms with Crippen LogP contribution in [0.2, 0.25) is 0 Å². The van der Waals surface area contributed by atoms with Gasteiger partial charge in [-0.2, -0.15) is 5.26 Å². The number of nitriles is 1. The molecule has 2 rings (SSSR count). The zero-order valence-electron chi connectivity index (χ0n) is 11.9. The van der Waals surface area contributed by atoms with Crippen molar-refractivity contribution in [2.75, 3.05) is 19.7 Å². The van der Waals surface area contributed by atoms with Gasteiger partial charge in [0.25, 0.3) is 0 Å². The summed E-state index contributed by atoms with van der Waals surface area (Å²) in [6, 6.07) is 8.01. The van der Waals surface area contributed by atoms with E-state index >= 15 is 0 Å². The van der Waals surface area contributed by atoms with Gasteiger partial charge in [-0.3, -0.25) is 4.79 Å². The molecule has 0 N–H and O–H groups in total.